The van der Waals surface area contributed by atoms with Gasteiger partial charge in [-0.05, 0) is 12.1 Å². The molecule has 0 unspecified atom stereocenters. The van der Waals surface area contributed by atoms with Gasteiger partial charge in [0, 0.05) is 13.7 Å². The number of methoxy groups -OCH3 is 1. The molecule has 0 aromatic rings. The first-order valence-corrected chi connectivity index (χ1v) is 3.49. The Bertz CT molecular complexity index is 116. The molecule has 0 aliphatic heterocycles. The Morgan fingerprint density at radius 1 is 1.55 bits per heavy atom. The first-order valence-electron chi connectivity index (χ1n) is 3.49. The summed E-state index contributed by atoms with van der Waals surface area (Å²) < 4.78 is 4.73. The van der Waals surface area contributed by atoms with Crippen LogP contribution in [0.15, 0.2) is 5.16 Å². The van der Waals surface area contributed by atoms with Gasteiger partial charge in [0.15, 0.2) is 0 Å². The molecule has 0 saturated heterocycles. The molecule has 0 radical (unpaired) electrons. The third-order valence-electron chi connectivity index (χ3n) is 0.900. The van der Waals surface area contributed by atoms with Crippen molar-refractivity contribution in [2.24, 2.45) is 10.9 Å². The van der Waals surface area contributed by atoms with Crippen LogP contribution in [0, 0.1) is 0 Å². The molecule has 0 saturated carbocycles. The zero-order valence-electron chi connectivity index (χ0n) is 6.96. The smallest absolute Gasteiger partial charge is 0.230 e. The highest BCUT2D eigenvalue weighted by Gasteiger charge is 1.87. The van der Waals surface area contributed by atoms with Gasteiger partial charge >= 0.3 is 0 Å². The van der Waals surface area contributed by atoms with E-state index in [1.165, 1.54) is 0 Å². The Balaban J connectivity index is 3.24. The van der Waals surface area contributed by atoms with Gasteiger partial charge in [-0.2, -0.15) is 0 Å². The number of ether oxygens (including phenoxy) is 1. The minimum absolute atomic E-state index is 0.295. The average Bonchev–Trinajstić information content (AvgIpc) is 1.99. The molecular weight excluding hydrogens is 146 g/mol. The van der Waals surface area contributed by atoms with Crippen molar-refractivity contribution < 1.29 is 9.57 Å². The maximum atomic E-state index is 5.34. The lowest BCUT2D eigenvalue weighted by Crippen LogP contribution is -2.31. The maximum absolute atomic E-state index is 5.34. The Morgan fingerprint density at radius 3 is 2.82 bits per heavy atom. The van der Waals surface area contributed by atoms with Crippen molar-refractivity contribution in [2.75, 3.05) is 26.9 Å². The molecule has 0 aliphatic carbocycles. The van der Waals surface area contributed by atoms with Crippen molar-refractivity contribution >= 4 is 5.96 Å². The lowest BCUT2D eigenvalue weighted by Gasteiger charge is -2.01. The van der Waals surface area contributed by atoms with E-state index in [0.717, 1.165) is 6.54 Å². The molecule has 5 heteroatoms. The molecule has 0 aromatic carbocycles. The van der Waals surface area contributed by atoms with Crippen molar-refractivity contribution in [3.05, 3.63) is 0 Å². The van der Waals surface area contributed by atoms with Crippen LogP contribution < -0.4 is 11.1 Å². The van der Waals surface area contributed by atoms with E-state index >= 15 is 0 Å². The van der Waals surface area contributed by atoms with Crippen LogP contribution in [0.25, 0.3) is 0 Å². The van der Waals surface area contributed by atoms with E-state index in [1.807, 2.05) is 6.92 Å². The molecule has 0 atom stereocenters. The predicted molar refractivity (Wildman–Crippen MR) is 43.1 cm³/mol. The van der Waals surface area contributed by atoms with E-state index in [9.17, 15) is 0 Å². The standard InChI is InChI=1S/C6H15N3O2/c1-3-8-6(7)9-11-5-4-10-2/h3-5H2,1-2H3,(H3,7,8,9). The number of nitrogens with two attached hydrogens (primary N) is 1. The Kier molecular flexibility index (Phi) is 6.51. The van der Waals surface area contributed by atoms with Crippen LogP contribution in [-0.4, -0.2) is 32.8 Å². The molecule has 11 heavy (non-hydrogen) atoms. The van der Waals surface area contributed by atoms with Gasteiger partial charge < -0.3 is 20.6 Å². The van der Waals surface area contributed by atoms with E-state index in [0.29, 0.717) is 19.2 Å². The summed E-state index contributed by atoms with van der Waals surface area (Å²) in [5.41, 5.74) is 5.34. The minimum Gasteiger partial charge on any atom is -0.390 e. The van der Waals surface area contributed by atoms with Crippen molar-refractivity contribution in [3.8, 4) is 0 Å². The monoisotopic (exact) mass is 161 g/mol. The number of oxime groups is 1. The molecule has 0 spiro atoms. The number of nitrogens with zero attached hydrogens (tertiary/aromatic N) is 1. The highest BCUT2D eigenvalue weighted by Crippen LogP contribution is 1.75. The van der Waals surface area contributed by atoms with Gasteiger partial charge in [0.2, 0.25) is 5.96 Å². The lowest BCUT2D eigenvalue weighted by molar-refractivity contribution is 0.0743. The fourth-order valence-electron chi connectivity index (χ4n) is 0.449. The minimum atomic E-state index is 0.295. The highest BCUT2D eigenvalue weighted by molar-refractivity contribution is 5.77. The zero-order chi connectivity index (χ0) is 8.53. The quantitative estimate of drug-likeness (QED) is 0.246. The molecule has 0 amide bonds. The largest absolute Gasteiger partial charge is 0.390 e. The molecule has 0 bridgehead atoms. The Labute approximate surface area is 66.5 Å². The van der Waals surface area contributed by atoms with Crippen LogP contribution in [0.4, 0.5) is 0 Å². The summed E-state index contributed by atoms with van der Waals surface area (Å²) in [6.45, 7) is 3.60. The van der Waals surface area contributed by atoms with Crippen molar-refractivity contribution in [2.45, 2.75) is 6.92 Å². The van der Waals surface area contributed by atoms with E-state index < -0.39 is 0 Å². The molecule has 66 valence electrons. The first-order chi connectivity index (χ1) is 5.31. The Hall–Kier alpha value is -0.970. The van der Waals surface area contributed by atoms with Gasteiger partial charge in [-0.3, -0.25) is 0 Å². The summed E-state index contributed by atoms with van der Waals surface area (Å²) in [5, 5.41) is 6.34. The molecule has 0 rings (SSSR count). The number of rotatable bonds is 5. The van der Waals surface area contributed by atoms with Gasteiger partial charge in [-0.1, -0.05) is 0 Å². The van der Waals surface area contributed by atoms with Crippen LogP contribution in [0.1, 0.15) is 6.92 Å². The molecule has 0 aromatic heterocycles. The molecular formula is C6H15N3O2. The summed E-state index contributed by atoms with van der Waals surface area (Å²) in [6, 6.07) is 0. The van der Waals surface area contributed by atoms with Gasteiger partial charge in [0.1, 0.15) is 6.61 Å². The van der Waals surface area contributed by atoms with Gasteiger partial charge in [-0.15, -0.1) is 0 Å². The SMILES string of the molecule is CCNC(N)=NOCCOC. The predicted octanol–water partition coefficient (Wildman–Crippen LogP) is -0.511. The van der Waals surface area contributed by atoms with E-state index in [4.69, 9.17) is 15.3 Å². The summed E-state index contributed by atoms with van der Waals surface area (Å²) in [7, 11) is 1.60. The van der Waals surface area contributed by atoms with Crippen LogP contribution in [-0.2, 0) is 9.57 Å². The third kappa shape index (κ3) is 6.92. The summed E-state index contributed by atoms with van der Waals surface area (Å²) in [4.78, 5) is 4.76. The average molecular weight is 161 g/mol. The van der Waals surface area contributed by atoms with Crippen LogP contribution in [0.3, 0.4) is 0 Å². The maximum Gasteiger partial charge on any atom is 0.230 e. The normalized spacial score (nSPS) is 11.3. The van der Waals surface area contributed by atoms with Gasteiger partial charge in [0.05, 0.1) is 6.61 Å². The number of hydrogen-bond acceptors (Lipinski definition) is 3. The summed E-state index contributed by atoms with van der Waals surface area (Å²) >= 11 is 0. The summed E-state index contributed by atoms with van der Waals surface area (Å²) in [6.07, 6.45) is 0. The second-order valence-electron chi connectivity index (χ2n) is 1.83. The van der Waals surface area contributed by atoms with E-state index in [2.05, 4.69) is 10.5 Å². The van der Waals surface area contributed by atoms with Crippen LogP contribution >= 0.6 is 0 Å². The fraction of sp³-hybridized carbons (Fsp3) is 0.833. The van der Waals surface area contributed by atoms with Crippen molar-refractivity contribution in [1.29, 1.82) is 0 Å². The number of nitrogens with one attached hydrogen (secondary N) is 1. The van der Waals surface area contributed by atoms with E-state index in [1.54, 1.807) is 7.11 Å². The second kappa shape index (κ2) is 7.14. The first kappa shape index (κ1) is 10.0. The molecule has 0 fully saturated rings. The molecule has 5 nitrogen and oxygen atoms in total. The second-order valence-corrected chi connectivity index (χ2v) is 1.83. The molecule has 0 aliphatic rings. The summed E-state index contributed by atoms with van der Waals surface area (Å²) in [5.74, 6) is 0.295. The third-order valence-corrected chi connectivity index (χ3v) is 0.900. The zero-order valence-corrected chi connectivity index (χ0v) is 6.96. The van der Waals surface area contributed by atoms with Gasteiger partial charge in [-0.25, -0.2) is 0 Å². The topological polar surface area (TPSA) is 68.9 Å². The van der Waals surface area contributed by atoms with E-state index in [-0.39, 0.29) is 0 Å². The molecule has 3 N–H and O–H groups in total. The van der Waals surface area contributed by atoms with Crippen LogP contribution in [0.5, 0.6) is 0 Å². The number of guanidine groups is 1. The Morgan fingerprint density at radius 2 is 2.27 bits per heavy atom. The van der Waals surface area contributed by atoms with Crippen molar-refractivity contribution in [1.82, 2.24) is 5.32 Å². The van der Waals surface area contributed by atoms with Gasteiger partial charge in [0.25, 0.3) is 0 Å². The number of hydrogen-bond donors (Lipinski definition) is 2. The molecule has 0 heterocycles. The fourth-order valence-corrected chi connectivity index (χ4v) is 0.449. The highest BCUT2D eigenvalue weighted by atomic mass is 16.6. The van der Waals surface area contributed by atoms with Crippen LogP contribution in [0.2, 0.25) is 0 Å². The van der Waals surface area contributed by atoms with Crippen molar-refractivity contribution in [3.63, 3.8) is 0 Å². The lowest BCUT2D eigenvalue weighted by atomic mass is 10.7.